The molecule has 1 aromatic heterocycles. The fourth-order valence-corrected chi connectivity index (χ4v) is 2.07. The van der Waals surface area contributed by atoms with E-state index in [0.717, 1.165) is 0 Å². The molecular formula is C12H11F7N4O. The molecule has 24 heavy (non-hydrogen) atoms. The molecule has 134 valence electrons. The highest BCUT2D eigenvalue weighted by atomic mass is 19.4. The smallest absolute Gasteiger partial charge is 0.337 e. The highest BCUT2D eigenvalue weighted by Gasteiger charge is 2.76. The van der Waals surface area contributed by atoms with Gasteiger partial charge in [0.25, 0.3) is 5.91 Å². The van der Waals surface area contributed by atoms with E-state index < -0.39 is 37.0 Å². The molecule has 12 heteroatoms. The van der Waals surface area contributed by atoms with Crippen molar-refractivity contribution in [2.45, 2.75) is 18.0 Å². The van der Waals surface area contributed by atoms with Crippen LogP contribution in [0.3, 0.4) is 0 Å². The topological polar surface area (TPSA) is 49.3 Å². The number of rotatable bonds is 3. The number of carbonyl (C=O) groups excluding carboxylic acids is 1. The first-order chi connectivity index (χ1) is 11.0. The summed E-state index contributed by atoms with van der Waals surface area (Å²) in [5, 5.41) is 0. The number of piperazine rings is 1. The van der Waals surface area contributed by atoms with Crippen molar-refractivity contribution in [2.75, 3.05) is 31.1 Å². The largest absolute Gasteiger partial charge is 0.460 e. The van der Waals surface area contributed by atoms with Gasteiger partial charge in [-0.15, -0.1) is 0 Å². The summed E-state index contributed by atoms with van der Waals surface area (Å²) < 4.78 is 88.9. The van der Waals surface area contributed by atoms with Crippen molar-refractivity contribution in [3.8, 4) is 0 Å². The minimum atomic E-state index is -6.54. The van der Waals surface area contributed by atoms with E-state index in [1.165, 1.54) is 23.4 Å². The summed E-state index contributed by atoms with van der Waals surface area (Å²) in [5.41, 5.74) is 0. The molecule has 0 saturated carbocycles. The molecule has 1 saturated heterocycles. The molecule has 1 amide bonds. The van der Waals surface area contributed by atoms with Crippen molar-refractivity contribution in [1.82, 2.24) is 14.9 Å². The predicted molar refractivity (Wildman–Crippen MR) is 66.8 cm³/mol. The van der Waals surface area contributed by atoms with Gasteiger partial charge < -0.3 is 9.80 Å². The predicted octanol–water partition coefficient (Wildman–Crippen LogP) is 1.96. The van der Waals surface area contributed by atoms with Crippen molar-refractivity contribution in [3.63, 3.8) is 0 Å². The van der Waals surface area contributed by atoms with Crippen LogP contribution in [0.25, 0.3) is 0 Å². The highest BCUT2D eigenvalue weighted by Crippen LogP contribution is 2.47. The Labute approximate surface area is 131 Å². The van der Waals surface area contributed by atoms with Gasteiger partial charge in [-0.3, -0.25) is 4.79 Å². The second-order valence-corrected chi connectivity index (χ2v) is 4.97. The Morgan fingerprint density at radius 3 is 1.88 bits per heavy atom. The number of aromatic nitrogens is 2. The molecule has 0 atom stereocenters. The summed E-state index contributed by atoms with van der Waals surface area (Å²) in [5.74, 6) is -14.6. The third kappa shape index (κ3) is 3.08. The molecule has 0 N–H and O–H groups in total. The Kier molecular flexibility index (Phi) is 4.59. The van der Waals surface area contributed by atoms with Gasteiger partial charge in [0.2, 0.25) is 5.95 Å². The van der Waals surface area contributed by atoms with Crippen LogP contribution < -0.4 is 4.90 Å². The number of alkyl halides is 7. The average Bonchev–Trinajstić information content (AvgIpc) is 2.54. The van der Waals surface area contributed by atoms with E-state index in [1.807, 2.05) is 0 Å². The average molecular weight is 360 g/mol. The lowest BCUT2D eigenvalue weighted by molar-refractivity contribution is -0.346. The first-order valence-corrected chi connectivity index (χ1v) is 6.62. The van der Waals surface area contributed by atoms with E-state index in [4.69, 9.17) is 0 Å². The van der Waals surface area contributed by atoms with Crippen LogP contribution in [0.4, 0.5) is 36.7 Å². The zero-order valence-electron chi connectivity index (χ0n) is 11.9. The summed E-state index contributed by atoms with van der Waals surface area (Å²) >= 11 is 0. The molecule has 0 spiro atoms. The minimum Gasteiger partial charge on any atom is -0.337 e. The van der Waals surface area contributed by atoms with Gasteiger partial charge in [-0.05, 0) is 6.07 Å². The third-order valence-corrected chi connectivity index (χ3v) is 3.42. The summed E-state index contributed by atoms with van der Waals surface area (Å²) in [6.07, 6.45) is -3.71. The van der Waals surface area contributed by atoms with Gasteiger partial charge in [0.15, 0.2) is 0 Å². The van der Waals surface area contributed by atoms with Crippen LogP contribution in [0.2, 0.25) is 0 Å². The second-order valence-electron chi connectivity index (χ2n) is 4.97. The van der Waals surface area contributed by atoms with Crippen molar-refractivity contribution >= 4 is 11.9 Å². The SMILES string of the molecule is O=C(N1CCN(c2ncccn2)CC1)C(F)(F)C(F)(F)C(F)(F)F. The lowest BCUT2D eigenvalue weighted by atomic mass is 10.1. The van der Waals surface area contributed by atoms with E-state index >= 15 is 0 Å². The molecule has 0 unspecified atom stereocenters. The number of hydrogen-bond acceptors (Lipinski definition) is 4. The quantitative estimate of drug-likeness (QED) is 0.774. The third-order valence-electron chi connectivity index (χ3n) is 3.42. The zero-order valence-corrected chi connectivity index (χ0v) is 11.9. The number of amides is 1. The molecule has 0 aliphatic carbocycles. The number of hydrogen-bond donors (Lipinski definition) is 0. The lowest BCUT2D eigenvalue weighted by Crippen LogP contribution is -2.62. The van der Waals surface area contributed by atoms with Gasteiger partial charge >= 0.3 is 18.0 Å². The molecule has 0 radical (unpaired) electrons. The summed E-state index contributed by atoms with van der Waals surface area (Å²) in [7, 11) is 0. The van der Waals surface area contributed by atoms with Crippen molar-refractivity contribution < 1.29 is 35.5 Å². The van der Waals surface area contributed by atoms with Crippen molar-refractivity contribution in [1.29, 1.82) is 0 Å². The monoisotopic (exact) mass is 360 g/mol. The van der Waals surface area contributed by atoms with Gasteiger partial charge in [-0.1, -0.05) is 0 Å². The van der Waals surface area contributed by atoms with Crippen LogP contribution in [0.1, 0.15) is 0 Å². The summed E-state index contributed by atoms with van der Waals surface area (Å²) in [6, 6.07) is 1.53. The maximum atomic E-state index is 13.4. The second kappa shape index (κ2) is 6.06. The fraction of sp³-hybridized carbons (Fsp3) is 0.583. The lowest BCUT2D eigenvalue weighted by Gasteiger charge is -2.37. The van der Waals surface area contributed by atoms with E-state index in [-0.39, 0.29) is 23.9 Å². The van der Waals surface area contributed by atoms with Gasteiger partial charge in [-0.25, -0.2) is 9.97 Å². The Bertz CT molecular complexity index is 585. The maximum Gasteiger partial charge on any atom is 0.460 e. The number of nitrogens with zero attached hydrogens (tertiary/aromatic N) is 4. The fourth-order valence-electron chi connectivity index (χ4n) is 2.07. The highest BCUT2D eigenvalue weighted by molar-refractivity contribution is 5.85. The first kappa shape index (κ1) is 18.2. The molecule has 2 rings (SSSR count). The van der Waals surface area contributed by atoms with Crippen LogP contribution in [-0.4, -0.2) is 65.0 Å². The Hall–Kier alpha value is -2.14. The Morgan fingerprint density at radius 2 is 1.42 bits per heavy atom. The van der Waals surface area contributed by atoms with E-state index in [2.05, 4.69) is 9.97 Å². The van der Waals surface area contributed by atoms with Crippen LogP contribution >= 0.6 is 0 Å². The van der Waals surface area contributed by atoms with Gasteiger partial charge in [0, 0.05) is 38.6 Å². The van der Waals surface area contributed by atoms with Crippen molar-refractivity contribution in [2.24, 2.45) is 0 Å². The van der Waals surface area contributed by atoms with Gasteiger partial charge in [0.1, 0.15) is 0 Å². The molecule has 1 aromatic rings. The summed E-state index contributed by atoms with van der Waals surface area (Å²) in [4.78, 5) is 21.0. The first-order valence-electron chi connectivity index (χ1n) is 6.62. The molecule has 2 heterocycles. The van der Waals surface area contributed by atoms with Crippen LogP contribution in [0, 0.1) is 0 Å². The van der Waals surface area contributed by atoms with Gasteiger partial charge in [-0.2, -0.15) is 30.7 Å². The van der Waals surface area contributed by atoms with Crippen molar-refractivity contribution in [3.05, 3.63) is 18.5 Å². The molecular weight excluding hydrogens is 349 g/mol. The minimum absolute atomic E-state index is 0.0799. The van der Waals surface area contributed by atoms with E-state index in [1.54, 1.807) is 0 Å². The Morgan fingerprint density at radius 1 is 0.917 bits per heavy atom. The van der Waals surface area contributed by atoms with E-state index in [9.17, 15) is 35.5 Å². The van der Waals surface area contributed by atoms with Crippen LogP contribution in [-0.2, 0) is 4.79 Å². The maximum absolute atomic E-state index is 13.4. The van der Waals surface area contributed by atoms with Crippen LogP contribution in [0.15, 0.2) is 18.5 Å². The Balaban J connectivity index is 2.07. The summed E-state index contributed by atoms with van der Waals surface area (Å²) in [6.45, 7) is -1.08. The van der Waals surface area contributed by atoms with Crippen LogP contribution in [0.5, 0.6) is 0 Å². The molecule has 1 fully saturated rings. The zero-order chi connectivity index (χ0) is 18.2. The number of anilines is 1. The molecule has 5 nitrogen and oxygen atoms in total. The van der Waals surface area contributed by atoms with Gasteiger partial charge in [0.05, 0.1) is 0 Å². The standard InChI is InChI=1S/C12H11F7N4O/c13-10(14,11(15,16)12(17,18)19)8(24)22-4-6-23(7-5-22)9-20-2-1-3-21-9/h1-3H,4-7H2. The molecule has 1 aliphatic heterocycles. The number of halogens is 7. The number of carbonyl (C=O) groups is 1. The molecule has 0 bridgehead atoms. The molecule has 0 aromatic carbocycles. The normalized spacial score (nSPS) is 17.1. The molecule has 1 aliphatic rings. The van der Waals surface area contributed by atoms with E-state index in [0.29, 0.717) is 0 Å².